The molecule has 1 aliphatic rings. The minimum Gasteiger partial charge on any atom is -0.356 e. The van der Waals surface area contributed by atoms with Crippen LogP contribution in [0.25, 0.3) is 0 Å². The Bertz CT molecular complexity index is 145. The second-order valence-corrected chi connectivity index (χ2v) is 2.80. The van der Waals surface area contributed by atoms with E-state index in [0.717, 1.165) is 12.8 Å². The Hall–Kier alpha value is -0.590. The van der Waals surface area contributed by atoms with Gasteiger partial charge in [0, 0.05) is 13.5 Å². The summed E-state index contributed by atoms with van der Waals surface area (Å²) in [6.45, 7) is 0.673. The van der Waals surface area contributed by atoms with Crippen molar-refractivity contribution >= 4 is 0 Å². The van der Waals surface area contributed by atoms with E-state index in [1.807, 2.05) is 0 Å². The second-order valence-electron chi connectivity index (χ2n) is 2.80. The summed E-state index contributed by atoms with van der Waals surface area (Å²) >= 11 is 0. The van der Waals surface area contributed by atoms with E-state index >= 15 is 0 Å². The summed E-state index contributed by atoms with van der Waals surface area (Å²) in [6.07, 6.45) is 2.54. The first-order valence-electron chi connectivity index (χ1n) is 3.88. The molecular weight excluding hydrogens is 142 g/mol. The van der Waals surface area contributed by atoms with Crippen molar-refractivity contribution in [2.75, 3.05) is 13.7 Å². The predicted octanol–water partition coefficient (Wildman–Crippen LogP) is 1.30. The van der Waals surface area contributed by atoms with Gasteiger partial charge in [-0.05, 0) is 18.8 Å². The zero-order chi connectivity index (χ0) is 8.10. The van der Waals surface area contributed by atoms with Crippen molar-refractivity contribution < 1.29 is 9.47 Å². The van der Waals surface area contributed by atoms with Crippen LogP contribution in [0.1, 0.15) is 19.3 Å². The third-order valence-electron chi connectivity index (χ3n) is 1.97. The van der Waals surface area contributed by atoms with Gasteiger partial charge in [-0.15, -0.1) is 0 Å². The molecule has 0 amide bonds. The molecule has 11 heavy (non-hydrogen) atoms. The molecule has 1 saturated heterocycles. The van der Waals surface area contributed by atoms with Crippen molar-refractivity contribution in [1.82, 2.24) is 0 Å². The molecule has 0 aromatic rings. The second kappa shape index (κ2) is 4.32. The number of nitriles is 1. The summed E-state index contributed by atoms with van der Waals surface area (Å²) < 4.78 is 10.3. The minimum absolute atomic E-state index is 0.0371. The fourth-order valence-corrected chi connectivity index (χ4v) is 1.26. The van der Waals surface area contributed by atoms with Crippen molar-refractivity contribution in [3.05, 3.63) is 0 Å². The molecule has 3 nitrogen and oxygen atoms in total. The quantitative estimate of drug-likeness (QED) is 0.603. The van der Waals surface area contributed by atoms with E-state index in [2.05, 4.69) is 6.07 Å². The van der Waals surface area contributed by atoms with Gasteiger partial charge in [0.15, 0.2) is 6.29 Å². The first-order valence-corrected chi connectivity index (χ1v) is 3.88. The molecule has 0 aromatic carbocycles. The van der Waals surface area contributed by atoms with Crippen LogP contribution in [0.3, 0.4) is 0 Å². The molecule has 0 N–H and O–H groups in total. The van der Waals surface area contributed by atoms with Gasteiger partial charge < -0.3 is 9.47 Å². The Morgan fingerprint density at radius 3 is 2.91 bits per heavy atom. The molecule has 62 valence electrons. The van der Waals surface area contributed by atoms with E-state index in [1.54, 1.807) is 7.11 Å². The van der Waals surface area contributed by atoms with Crippen molar-refractivity contribution in [2.45, 2.75) is 25.6 Å². The molecule has 0 spiro atoms. The summed E-state index contributed by atoms with van der Waals surface area (Å²) in [6, 6.07) is 2.15. The van der Waals surface area contributed by atoms with E-state index in [0.29, 0.717) is 18.9 Å². The number of hydrogen-bond acceptors (Lipinski definition) is 3. The van der Waals surface area contributed by atoms with Crippen LogP contribution in [-0.2, 0) is 9.47 Å². The van der Waals surface area contributed by atoms with Crippen LogP contribution in [0.4, 0.5) is 0 Å². The van der Waals surface area contributed by atoms with Gasteiger partial charge in [0.1, 0.15) is 0 Å². The maximum Gasteiger partial charge on any atom is 0.157 e. The lowest BCUT2D eigenvalue weighted by Crippen LogP contribution is -2.26. The molecule has 0 aromatic heterocycles. The van der Waals surface area contributed by atoms with Crippen LogP contribution < -0.4 is 0 Å². The molecule has 0 bridgehead atoms. The first-order chi connectivity index (χ1) is 5.36. The standard InChI is InChI=1S/C8H13NO2/c1-10-8-3-2-7(4-5-9)6-11-8/h7-8H,2-4,6H2,1H3. The topological polar surface area (TPSA) is 42.2 Å². The summed E-state index contributed by atoms with van der Waals surface area (Å²) in [7, 11) is 1.65. The Kier molecular flexibility index (Phi) is 3.34. The normalized spacial score (nSPS) is 31.3. The van der Waals surface area contributed by atoms with Gasteiger partial charge in [-0.2, -0.15) is 5.26 Å². The van der Waals surface area contributed by atoms with E-state index < -0.39 is 0 Å². The van der Waals surface area contributed by atoms with Crippen LogP contribution in [0.2, 0.25) is 0 Å². The summed E-state index contributed by atoms with van der Waals surface area (Å²) in [4.78, 5) is 0. The third-order valence-corrected chi connectivity index (χ3v) is 1.97. The molecule has 0 aliphatic carbocycles. The zero-order valence-electron chi connectivity index (χ0n) is 6.75. The van der Waals surface area contributed by atoms with E-state index in [4.69, 9.17) is 14.7 Å². The molecule has 1 rings (SSSR count). The molecule has 0 radical (unpaired) electrons. The fraction of sp³-hybridized carbons (Fsp3) is 0.875. The average molecular weight is 155 g/mol. The summed E-state index contributed by atoms with van der Waals surface area (Å²) in [5.74, 6) is 0.423. The highest BCUT2D eigenvalue weighted by Crippen LogP contribution is 2.21. The minimum atomic E-state index is -0.0371. The number of nitrogens with zero attached hydrogens (tertiary/aromatic N) is 1. The summed E-state index contributed by atoms with van der Waals surface area (Å²) in [5, 5.41) is 8.40. The van der Waals surface area contributed by atoms with Gasteiger partial charge in [0.05, 0.1) is 12.7 Å². The first kappa shape index (κ1) is 8.51. The highest BCUT2D eigenvalue weighted by molar-refractivity contribution is 4.77. The van der Waals surface area contributed by atoms with Crippen molar-refractivity contribution in [2.24, 2.45) is 5.92 Å². The molecule has 2 atom stereocenters. The molecule has 3 heteroatoms. The van der Waals surface area contributed by atoms with Crippen LogP contribution >= 0.6 is 0 Å². The zero-order valence-corrected chi connectivity index (χ0v) is 6.75. The monoisotopic (exact) mass is 155 g/mol. The van der Waals surface area contributed by atoms with Gasteiger partial charge in [-0.1, -0.05) is 0 Å². The van der Waals surface area contributed by atoms with Crippen LogP contribution in [0.15, 0.2) is 0 Å². The highest BCUT2D eigenvalue weighted by Gasteiger charge is 2.20. The Morgan fingerprint density at radius 1 is 1.64 bits per heavy atom. The number of rotatable bonds is 2. The van der Waals surface area contributed by atoms with E-state index in [9.17, 15) is 0 Å². The fourth-order valence-electron chi connectivity index (χ4n) is 1.26. The number of ether oxygens (including phenoxy) is 2. The number of hydrogen-bond donors (Lipinski definition) is 0. The van der Waals surface area contributed by atoms with Crippen molar-refractivity contribution in [3.63, 3.8) is 0 Å². The van der Waals surface area contributed by atoms with Gasteiger partial charge in [0.25, 0.3) is 0 Å². The van der Waals surface area contributed by atoms with E-state index in [-0.39, 0.29) is 6.29 Å². The Labute approximate surface area is 66.9 Å². The van der Waals surface area contributed by atoms with Crippen LogP contribution in [-0.4, -0.2) is 20.0 Å². The molecular formula is C8H13NO2. The molecule has 1 aliphatic heterocycles. The Morgan fingerprint density at radius 2 is 2.45 bits per heavy atom. The molecule has 2 unspecified atom stereocenters. The lowest BCUT2D eigenvalue weighted by molar-refractivity contribution is -0.159. The lowest BCUT2D eigenvalue weighted by atomic mass is 9.99. The summed E-state index contributed by atoms with van der Waals surface area (Å²) in [5.41, 5.74) is 0. The molecule has 0 saturated carbocycles. The SMILES string of the molecule is COC1CCC(CC#N)CO1. The maximum absolute atomic E-state index is 8.40. The predicted molar refractivity (Wildman–Crippen MR) is 39.7 cm³/mol. The number of methoxy groups -OCH3 is 1. The third kappa shape index (κ3) is 2.49. The average Bonchev–Trinajstić information content (AvgIpc) is 2.07. The maximum atomic E-state index is 8.40. The van der Waals surface area contributed by atoms with Crippen LogP contribution in [0, 0.1) is 17.2 Å². The van der Waals surface area contributed by atoms with Gasteiger partial charge >= 0.3 is 0 Å². The van der Waals surface area contributed by atoms with E-state index in [1.165, 1.54) is 0 Å². The van der Waals surface area contributed by atoms with Crippen molar-refractivity contribution in [3.8, 4) is 6.07 Å². The smallest absolute Gasteiger partial charge is 0.157 e. The van der Waals surface area contributed by atoms with Gasteiger partial charge in [0.2, 0.25) is 0 Å². The van der Waals surface area contributed by atoms with Crippen LogP contribution in [0.5, 0.6) is 0 Å². The molecule has 1 fully saturated rings. The largest absolute Gasteiger partial charge is 0.356 e. The van der Waals surface area contributed by atoms with Crippen molar-refractivity contribution in [1.29, 1.82) is 5.26 Å². The highest BCUT2D eigenvalue weighted by atomic mass is 16.7. The Balaban J connectivity index is 2.20. The lowest BCUT2D eigenvalue weighted by Gasteiger charge is -2.26. The van der Waals surface area contributed by atoms with Gasteiger partial charge in [-0.25, -0.2) is 0 Å². The molecule has 1 heterocycles. The van der Waals surface area contributed by atoms with Gasteiger partial charge in [-0.3, -0.25) is 0 Å².